The molecule has 1 saturated heterocycles. The third kappa shape index (κ3) is 7.17. The average Bonchev–Trinajstić information content (AvgIpc) is 3.13. The van der Waals surface area contributed by atoms with E-state index in [0.29, 0.717) is 24.2 Å². The van der Waals surface area contributed by atoms with Crippen LogP contribution in [0.25, 0.3) is 0 Å². The number of carbonyl (C=O) groups is 2. The zero-order chi connectivity index (χ0) is 17.5. The van der Waals surface area contributed by atoms with Crippen LogP contribution in [-0.4, -0.2) is 29.4 Å². The number of hydrogen-bond acceptors (Lipinski definition) is 4. The first kappa shape index (κ1) is 22.9. The summed E-state index contributed by atoms with van der Waals surface area (Å²) in [5, 5.41) is 9.00. The zero-order valence-electron chi connectivity index (χ0n) is 14.8. The molecule has 1 atom stereocenters. The van der Waals surface area contributed by atoms with Gasteiger partial charge in [-0.15, -0.1) is 24.8 Å². The van der Waals surface area contributed by atoms with Gasteiger partial charge in [-0.3, -0.25) is 14.6 Å². The van der Waals surface area contributed by atoms with Crippen molar-refractivity contribution in [2.75, 3.05) is 11.9 Å². The summed E-state index contributed by atoms with van der Waals surface area (Å²) in [5.41, 5.74) is 1.94. The average molecular weight is 411 g/mol. The van der Waals surface area contributed by atoms with Gasteiger partial charge in [0, 0.05) is 29.9 Å². The van der Waals surface area contributed by atoms with Gasteiger partial charge in [0.05, 0.1) is 12.2 Å². The Kier molecular flexibility index (Phi) is 9.78. The van der Waals surface area contributed by atoms with E-state index < -0.39 is 0 Å². The molecule has 146 valence electrons. The fraction of sp³-hybridized carbons (Fsp3) is 0.316. The summed E-state index contributed by atoms with van der Waals surface area (Å²) in [6.45, 7) is 1.34. The van der Waals surface area contributed by atoms with Gasteiger partial charge in [0.25, 0.3) is 5.91 Å². The van der Waals surface area contributed by atoms with Crippen molar-refractivity contribution in [2.24, 2.45) is 0 Å². The van der Waals surface area contributed by atoms with Crippen LogP contribution in [0.1, 0.15) is 35.3 Å². The van der Waals surface area contributed by atoms with Gasteiger partial charge in [-0.2, -0.15) is 0 Å². The van der Waals surface area contributed by atoms with E-state index in [1.165, 1.54) is 0 Å². The standard InChI is InChI=1S/C19H22N4O2.2ClH/c24-18(12-15-8-4-10-20-15)23-16-7-3-5-14(11-16)19(25)22-13-17-6-1-2-9-21-17;;/h1-3,5-7,9,11,15,20H,4,8,10,12-13H2,(H,22,25)(H,23,24);2*1H. The van der Waals surface area contributed by atoms with Gasteiger partial charge < -0.3 is 16.0 Å². The number of nitrogens with one attached hydrogen (secondary N) is 3. The monoisotopic (exact) mass is 410 g/mol. The van der Waals surface area contributed by atoms with Crippen molar-refractivity contribution in [3.8, 4) is 0 Å². The number of carbonyl (C=O) groups excluding carboxylic acids is 2. The number of amides is 2. The molecule has 1 unspecified atom stereocenters. The Morgan fingerprint density at radius 1 is 1.15 bits per heavy atom. The topological polar surface area (TPSA) is 83.1 Å². The van der Waals surface area contributed by atoms with E-state index in [9.17, 15) is 9.59 Å². The lowest BCUT2D eigenvalue weighted by molar-refractivity contribution is -0.116. The lowest BCUT2D eigenvalue weighted by atomic mass is 10.1. The van der Waals surface area contributed by atoms with Crippen LogP contribution < -0.4 is 16.0 Å². The number of benzene rings is 1. The number of nitrogens with zero attached hydrogens (tertiary/aromatic N) is 1. The first-order chi connectivity index (χ1) is 12.2. The first-order valence-electron chi connectivity index (χ1n) is 8.52. The Hall–Kier alpha value is -2.15. The van der Waals surface area contributed by atoms with E-state index in [2.05, 4.69) is 20.9 Å². The Morgan fingerprint density at radius 3 is 2.70 bits per heavy atom. The maximum atomic E-state index is 12.3. The van der Waals surface area contributed by atoms with Gasteiger partial charge in [-0.25, -0.2) is 0 Å². The number of anilines is 1. The van der Waals surface area contributed by atoms with Gasteiger partial charge >= 0.3 is 0 Å². The molecule has 1 aromatic carbocycles. The second-order valence-electron chi connectivity index (χ2n) is 6.13. The molecule has 3 N–H and O–H groups in total. The summed E-state index contributed by atoms with van der Waals surface area (Å²) >= 11 is 0. The van der Waals surface area contributed by atoms with E-state index >= 15 is 0 Å². The Balaban J connectivity index is 0.00000182. The molecule has 1 fully saturated rings. The molecule has 0 saturated carbocycles. The maximum absolute atomic E-state index is 12.3. The third-order valence-electron chi connectivity index (χ3n) is 4.16. The summed E-state index contributed by atoms with van der Waals surface area (Å²) < 4.78 is 0. The molecule has 0 bridgehead atoms. The van der Waals surface area contributed by atoms with Crippen LogP contribution in [0.15, 0.2) is 48.7 Å². The minimum absolute atomic E-state index is 0. The highest BCUT2D eigenvalue weighted by Crippen LogP contribution is 2.14. The molecule has 0 radical (unpaired) electrons. The van der Waals surface area contributed by atoms with Gasteiger partial charge in [0.1, 0.15) is 0 Å². The van der Waals surface area contributed by atoms with Gasteiger partial charge in [-0.1, -0.05) is 12.1 Å². The SMILES string of the molecule is Cl.Cl.O=C(CC1CCCN1)Nc1cccc(C(=O)NCc2ccccn2)c1. The number of halogens is 2. The van der Waals surface area contributed by atoms with Crippen molar-refractivity contribution in [1.29, 1.82) is 0 Å². The van der Waals surface area contributed by atoms with E-state index in [0.717, 1.165) is 25.1 Å². The van der Waals surface area contributed by atoms with Crippen LogP contribution in [0.2, 0.25) is 0 Å². The minimum atomic E-state index is -0.195. The zero-order valence-corrected chi connectivity index (χ0v) is 16.4. The summed E-state index contributed by atoms with van der Waals surface area (Å²) in [6.07, 6.45) is 4.29. The van der Waals surface area contributed by atoms with E-state index in [4.69, 9.17) is 0 Å². The van der Waals surface area contributed by atoms with E-state index in [-0.39, 0.29) is 42.7 Å². The van der Waals surface area contributed by atoms with Crippen molar-refractivity contribution >= 4 is 42.3 Å². The second-order valence-corrected chi connectivity index (χ2v) is 6.13. The van der Waals surface area contributed by atoms with E-state index in [1.807, 2.05) is 18.2 Å². The number of pyridine rings is 1. The number of rotatable bonds is 6. The summed E-state index contributed by atoms with van der Waals surface area (Å²) in [6, 6.07) is 12.8. The molecule has 1 aliphatic rings. The number of aromatic nitrogens is 1. The third-order valence-corrected chi connectivity index (χ3v) is 4.16. The van der Waals surface area contributed by atoms with Crippen LogP contribution in [0.5, 0.6) is 0 Å². The summed E-state index contributed by atoms with van der Waals surface area (Å²) in [7, 11) is 0. The highest BCUT2D eigenvalue weighted by Gasteiger charge is 2.17. The normalized spacial score (nSPS) is 15.2. The Morgan fingerprint density at radius 2 is 2.00 bits per heavy atom. The molecule has 2 heterocycles. The minimum Gasteiger partial charge on any atom is -0.346 e. The van der Waals surface area contributed by atoms with Crippen molar-refractivity contribution in [1.82, 2.24) is 15.6 Å². The lowest BCUT2D eigenvalue weighted by Gasteiger charge is -2.11. The highest BCUT2D eigenvalue weighted by molar-refractivity contribution is 5.97. The molecule has 2 amide bonds. The van der Waals surface area contributed by atoms with Crippen LogP contribution >= 0.6 is 24.8 Å². The van der Waals surface area contributed by atoms with Crippen molar-refractivity contribution in [3.63, 3.8) is 0 Å². The number of hydrogen-bond donors (Lipinski definition) is 3. The van der Waals surface area contributed by atoms with Crippen molar-refractivity contribution in [2.45, 2.75) is 31.8 Å². The van der Waals surface area contributed by atoms with Crippen LogP contribution in [-0.2, 0) is 11.3 Å². The van der Waals surface area contributed by atoms with Crippen LogP contribution in [0, 0.1) is 0 Å². The van der Waals surface area contributed by atoms with Crippen molar-refractivity contribution in [3.05, 3.63) is 59.9 Å². The Bertz CT molecular complexity index is 737. The Labute approximate surface area is 171 Å². The molecule has 3 rings (SSSR count). The largest absolute Gasteiger partial charge is 0.346 e. The molecular weight excluding hydrogens is 387 g/mol. The van der Waals surface area contributed by atoms with Crippen LogP contribution in [0.3, 0.4) is 0 Å². The lowest BCUT2D eigenvalue weighted by Crippen LogP contribution is -2.27. The summed E-state index contributed by atoms with van der Waals surface area (Å²) in [4.78, 5) is 28.5. The first-order valence-corrected chi connectivity index (χ1v) is 8.52. The molecule has 6 nitrogen and oxygen atoms in total. The second kappa shape index (κ2) is 11.5. The van der Waals surface area contributed by atoms with Gasteiger partial charge in [0.15, 0.2) is 0 Å². The van der Waals surface area contributed by atoms with Gasteiger partial charge in [0.2, 0.25) is 5.91 Å². The summed E-state index contributed by atoms with van der Waals surface area (Å²) in [5.74, 6) is -0.232. The van der Waals surface area contributed by atoms with Gasteiger partial charge in [-0.05, 0) is 49.7 Å². The quantitative estimate of drug-likeness (QED) is 0.683. The fourth-order valence-corrected chi connectivity index (χ4v) is 2.88. The molecule has 2 aromatic rings. The molecule has 1 aliphatic heterocycles. The van der Waals surface area contributed by atoms with Crippen molar-refractivity contribution < 1.29 is 9.59 Å². The molecular formula is C19H24Cl2N4O2. The predicted molar refractivity (Wildman–Crippen MR) is 111 cm³/mol. The molecule has 0 aliphatic carbocycles. The van der Waals surface area contributed by atoms with Crippen LogP contribution in [0.4, 0.5) is 5.69 Å². The smallest absolute Gasteiger partial charge is 0.251 e. The molecule has 1 aromatic heterocycles. The highest BCUT2D eigenvalue weighted by atomic mass is 35.5. The molecule has 0 spiro atoms. The molecule has 8 heteroatoms. The maximum Gasteiger partial charge on any atom is 0.251 e. The predicted octanol–water partition coefficient (Wildman–Crippen LogP) is 2.94. The molecule has 27 heavy (non-hydrogen) atoms. The van der Waals surface area contributed by atoms with E-state index in [1.54, 1.807) is 30.5 Å². The fourth-order valence-electron chi connectivity index (χ4n) is 2.88.